The van der Waals surface area contributed by atoms with Crippen molar-refractivity contribution in [3.63, 3.8) is 0 Å². The van der Waals surface area contributed by atoms with E-state index in [4.69, 9.17) is 16.3 Å². The Balaban J connectivity index is 2.14. The van der Waals surface area contributed by atoms with Crippen LogP contribution in [0.25, 0.3) is 11.0 Å². The second-order valence-electron chi connectivity index (χ2n) is 4.89. The topological polar surface area (TPSA) is 39.9 Å². The molecule has 0 radical (unpaired) electrons. The van der Waals surface area contributed by atoms with Gasteiger partial charge in [-0.2, -0.15) is 0 Å². The highest BCUT2D eigenvalue weighted by atomic mass is 35.5. The third kappa shape index (κ3) is 2.63. The first-order valence-corrected chi connectivity index (χ1v) is 7.99. The standard InChI is InChI=1S/C15H16ClN3OS/c1-9(16)15-18-12-6-11(20-3)4-5-13(12)19(15)7-14-10(2)17-8-21-14/h4-6,8-9H,7H2,1-3H3. The molecule has 2 aromatic heterocycles. The van der Waals surface area contributed by atoms with Gasteiger partial charge in [-0.1, -0.05) is 0 Å². The highest BCUT2D eigenvalue weighted by Gasteiger charge is 2.17. The fraction of sp³-hybridized carbons (Fsp3) is 0.333. The smallest absolute Gasteiger partial charge is 0.128 e. The summed E-state index contributed by atoms with van der Waals surface area (Å²) in [6, 6.07) is 5.91. The monoisotopic (exact) mass is 321 g/mol. The van der Waals surface area contributed by atoms with Crippen LogP contribution in [0.3, 0.4) is 0 Å². The number of nitrogens with zero attached hydrogens (tertiary/aromatic N) is 3. The molecule has 3 rings (SSSR count). The van der Waals surface area contributed by atoms with Crippen molar-refractivity contribution in [3.05, 3.63) is 40.1 Å². The van der Waals surface area contributed by atoms with Gasteiger partial charge in [0, 0.05) is 10.9 Å². The number of imidazole rings is 1. The van der Waals surface area contributed by atoms with Crippen LogP contribution in [0.5, 0.6) is 5.75 Å². The molecule has 4 nitrogen and oxygen atoms in total. The molecule has 3 aromatic rings. The summed E-state index contributed by atoms with van der Waals surface area (Å²) < 4.78 is 7.43. The zero-order chi connectivity index (χ0) is 15.0. The van der Waals surface area contributed by atoms with Crippen LogP contribution in [0.4, 0.5) is 0 Å². The Morgan fingerprint density at radius 2 is 2.24 bits per heavy atom. The molecule has 1 atom stereocenters. The number of aromatic nitrogens is 3. The van der Waals surface area contributed by atoms with Gasteiger partial charge in [0.15, 0.2) is 0 Å². The summed E-state index contributed by atoms with van der Waals surface area (Å²) in [6.45, 7) is 4.71. The molecule has 0 aliphatic rings. The first kappa shape index (κ1) is 14.4. The number of hydrogen-bond donors (Lipinski definition) is 0. The fourth-order valence-electron chi connectivity index (χ4n) is 2.35. The van der Waals surface area contributed by atoms with Gasteiger partial charge in [0.2, 0.25) is 0 Å². The van der Waals surface area contributed by atoms with Gasteiger partial charge >= 0.3 is 0 Å². The number of alkyl halides is 1. The maximum atomic E-state index is 6.31. The number of thiazole rings is 1. The quantitative estimate of drug-likeness (QED) is 0.677. The van der Waals surface area contributed by atoms with Gasteiger partial charge < -0.3 is 9.30 Å². The maximum absolute atomic E-state index is 6.31. The molecule has 21 heavy (non-hydrogen) atoms. The highest BCUT2D eigenvalue weighted by Crippen LogP contribution is 2.29. The summed E-state index contributed by atoms with van der Waals surface area (Å²) in [7, 11) is 1.66. The minimum absolute atomic E-state index is 0.156. The Bertz CT molecular complexity index is 778. The molecule has 0 saturated carbocycles. The maximum Gasteiger partial charge on any atom is 0.128 e. The Morgan fingerprint density at radius 1 is 1.43 bits per heavy atom. The van der Waals surface area contributed by atoms with Gasteiger partial charge in [0.1, 0.15) is 11.6 Å². The van der Waals surface area contributed by atoms with E-state index in [9.17, 15) is 0 Å². The van der Waals surface area contributed by atoms with Crippen molar-refractivity contribution < 1.29 is 4.74 Å². The lowest BCUT2D eigenvalue weighted by molar-refractivity contribution is 0.415. The van der Waals surface area contributed by atoms with Crippen LogP contribution in [0, 0.1) is 6.92 Å². The van der Waals surface area contributed by atoms with Crippen molar-refractivity contribution in [2.45, 2.75) is 25.8 Å². The number of ether oxygens (including phenoxy) is 1. The van der Waals surface area contributed by atoms with Crippen molar-refractivity contribution in [1.29, 1.82) is 0 Å². The lowest BCUT2D eigenvalue weighted by atomic mass is 10.3. The molecule has 0 N–H and O–H groups in total. The first-order valence-electron chi connectivity index (χ1n) is 6.67. The minimum atomic E-state index is -0.156. The van der Waals surface area contributed by atoms with E-state index in [-0.39, 0.29) is 5.38 Å². The van der Waals surface area contributed by atoms with E-state index in [2.05, 4.69) is 14.5 Å². The molecular weight excluding hydrogens is 306 g/mol. The molecule has 6 heteroatoms. The molecule has 0 aliphatic carbocycles. The normalized spacial score (nSPS) is 12.8. The number of fused-ring (bicyclic) bond motifs is 1. The van der Waals surface area contributed by atoms with Gasteiger partial charge in [0.25, 0.3) is 0 Å². The Morgan fingerprint density at radius 3 is 2.86 bits per heavy atom. The molecule has 1 unspecified atom stereocenters. The third-order valence-electron chi connectivity index (χ3n) is 3.49. The first-order chi connectivity index (χ1) is 10.1. The number of rotatable bonds is 4. The largest absolute Gasteiger partial charge is 0.497 e. The zero-order valence-electron chi connectivity index (χ0n) is 12.1. The van der Waals surface area contributed by atoms with Crippen LogP contribution in [0.15, 0.2) is 23.7 Å². The van der Waals surface area contributed by atoms with Crippen molar-refractivity contribution in [1.82, 2.24) is 14.5 Å². The molecule has 0 spiro atoms. The van der Waals surface area contributed by atoms with Gasteiger partial charge in [-0.05, 0) is 26.0 Å². The second kappa shape index (κ2) is 5.66. The van der Waals surface area contributed by atoms with Crippen molar-refractivity contribution in [2.24, 2.45) is 0 Å². The average Bonchev–Trinajstić information content (AvgIpc) is 3.03. The van der Waals surface area contributed by atoms with Gasteiger partial charge in [-0.15, -0.1) is 22.9 Å². The van der Waals surface area contributed by atoms with E-state index in [1.54, 1.807) is 18.4 Å². The number of methoxy groups -OCH3 is 1. The Hall–Kier alpha value is -1.59. The summed E-state index contributed by atoms with van der Waals surface area (Å²) >= 11 is 7.96. The zero-order valence-corrected chi connectivity index (χ0v) is 13.7. The summed E-state index contributed by atoms with van der Waals surface area (Å²) in [5.74, 6) is 1.67. The van der Waals surface area contributed by atoms with E-state index in [1.165, 1.54) is 4.88 Å². The number of aryl methyl sites for hydroxylation is 1. The molecule has 0 fully saturated rings. The SMILES string of the molecule is COc1ccc2c(c1)nc(C(C)Cl)n2Cc1scnc1C. The van der Waals surface area contributed by atoms with Gasteiger partial charge in [-0.25, -0.2) is 9.97 Å². The molecule has 0 aliphatic heterocycles. The van der Waals surface area contributed by atoms with Crippen molar-refractivity contribution in [2.75, 3.05) is 7.11 Å². The van der Waals surface area contributed by atoms with Crippen molar-refractivity contribution in [3.8, 4) is 5.75 Å². The van der Waals surface area contributed by atoms with Crippen LogP contribution >= 0.6 is 22.9 Å². The van der Waals surface area contributed by atoms with Gasteiger partial charge in [0.05, 0.1) is 41.3 Å². The Kier molecular flexibility index (Phi) is 3.87. The number of hydrogen-bond acceptors (Lipinski definition) is 4. The van der Waals surface area contributed by atoms with Crippen LogP contribution in [-0.2, 0) is 6.54 Å². The van der Waals surface area contributed by atoms with Crippen molar-refractivity contribution >= 4 is 34.0 Å². The lowest BCUT2D eigenvalue weighted by Crippen LogP contribution is -2.05. The predicted molar refractivity (Wildman–Crippen MR) is 86.5 cm³/mol. The molecule has 110 valence electrons. The summed E-state index contributed by atoms with van der Waals surface area (Å²) in [5, 5.41) is -0.156. The minimum Gasteiger partial charge on any atom is -0.497 e. The molecule has 2 heterocycles. The second-order valence-corrected chi connectivity index (χ2v) is 6.48. The molecule has 1 aromatic carbocycles. The molecular formula is C15H16ClN3OS. The molecule has 0 amide bonds. The van der Waals surface area contributed by atoms with Crippen LogP contribution < -0.4 is 4.74 Å². The highest BCUT2D eigenvalue weighted by molar-refractivity contribution is 7.09. The molecule has 0 saturated heterocycles. The average molecular weight is 322 g/mol. The Labute approximate surface area is 132 Å². The number of halogens is 1. The van der Waals surface area contributed by atoms with Gasteiger partial charge in [-0.3, -0.25) is 0 Å². The third-order valence-corrected chi connectivity index (χ3v) is 4.60. The van der Waals surface area contributed by atoms with Crippen LogP contribution in [0.1, 0.15) is 28.7 Å². The van der Waals surface area contributed by atoms with E-state index in [0.717, 1.165) is 34.8 Å². The summed E-state index contributed by atoms with van der Waals surface area (Å²) in [6.07, 6.45) is 0. The fourth-order valence-corrected chi connectivity index (χ4v) is 3.28. The van der Waals surface area contributed by atoms with E-state index in [1.807, 2.05) is 37.6 Å². The molecule has 0 bridgehead atoms. The van der Waals surface area contributed by atoms with E-state index >= 15 is 0 Å². The van der Waals surface area contributed by atoms with E-state index < -0.39 is 0 Å². The predicted octanol–water partition coefficient (Wildman–Crippen LogP) is 4.16. The number of benzene rings is 1. The van der Waals surface area contributed by atoms with E-state index in [0.29, 0.717) is 0 Å². The summed E-state index contributed by atoms with van der Waals surface area (Å²) in [5.41, 5.74) is 4.89. The van der Waals surface area contributed by atoms with Crippen LogP contribution in [0.2, 0.25) is 0 Å². The van der Waals surface area contributed by atoms with Crippen LogP contribution in [-0.4, -0.2) is 21.6 Å². The summed E-state index contributed by atoms with van der Waals surface area (Å²) in [4.78, 5) is 10.2. The lowest BCUT2D eigenvalue weighted by Gasteiger charge is -2.10.